The normalized spacial score (nSPS) is 14.9. The Hall–Kier alpha value is -0.220. The molecular weight excluding hydrogens is 196 g/mol. The predicted octanol–water partition coefficient (Wildman–Crippen LogP) is 1.24. The number of amides is 1. The molecule has 0 aliphatic heterocycles. The van der Waals surface area contributed by atoms with Gasteiger partial charge in [0, 0.05) is 17.8 Å². The van der Waals surface area contributed by atoms with Crippen molar-refractivity contribution in [2.45, 2.75) is 39.3 Å². The van der Waals surface area contributed by atoms with E-state index in [2.05, 4.69) is 24.5 Å². The van der Waals surface area contributed by atoms with Gasteiger partial charge in [0.05, 0.1) is 6.54 Å². The fraction of sp³-hybridized carbons (Fsp3) is 0.900. The molecule has 1 amide bonds. The van der Waals surface area contributed by atoms with Crippen molar-refractivity contribution in [3.63, 3.8) is 0 Å². The minimum Gasteiger partial charge on any atom is -0.352 e. The molecule has 0 aromatic carbocycles. The van der Waals surface area contributed by atoms with Crippen molar-refractivity contribution in [2.24, 2.45) is 0 Å². The molecule has 0 rings (SSSR count). The molecule has 0 aliphatic rings. The molecule has 84 valence electrons. The van der Waals surface area contributed by atoms with E-state index in [4.69, 9.17) is 0 Å². The first kappa shape index (κ1) is 13.8. The summed E-state index contributed by atoms with van der Waals surface area (Å²) in [6, 6.07) is 0.674. The molecule has 0 heterocycles. The average Bonchev–Trinajstić information content (AvgIpc) is 2.14. The first-order chi connectivity index (χ1) is 6.60. The van der Waals surface area contributed by atoms with Crippen LogP contribution < -0.4 is 10.6 Å². The number of nitrogens with one attached hydrogen (secondary N) is 2. The van der Waals surface area contributed by atoms with Crippen LogP contribution in [0, 0.1) is 0 Å². The third kappa shape index (κ3) is 7.21. The molecule has 0 radical (unpaired) electrons. The van der Waals surface area contributed by atoms with Crippen molar-refractivity contribution < 1.29 is 4.79 Å². The predicted molar refractivity (Wildman–Crippen MR) is 63.7 cm³/mol. The van der Waals surface area contributed by atoms with Gasteiger partial charge in [-0.15, -0.1) is 0 Å². The van der Waals surface area contributed by atoms with Crippen molar-refractivity contribution in [1.82, 2.24) is 10.6 Å². The van der Waals surface area contributed by atoms with E-state index in [1.807, 2.05) is 13.2 Å². The summed E-state index contributed by atoms with van der Waals surface area (Å²) in [6.07, 6.45) is 3.09. The molecule has 0 aromatic rings. The maximum absolute atomic E-state index is 11.4. The van der Waals surface area contributed by atoms with Gasteiger partial charge in [-0.3, -0.25) is 4.79 Å². The second-order valence-corrected chi connectivity index (χ2v) is 4.52. The molecule has 2 N–H and O–H groups in total. The highest BCUT2D eigenvalue weighted by atomic mass is 32.2. The van der Waals surface area contributed by atoms with Crippen LogP contribution in [0.2, 0.25) is 0 Å². The number of carbonyl (C=O) groups excluding carboxylic acids is 1. The SMILES string of the molecule is CCC(C)NCC(=O)NC(C)CSC. The molecule has 4 heteroatoms. The standard InChI is InChI=1S/C10H22N2OS/c1-5-8(2)11-6-10(13)12-9(3)7-14-4/h8-9,11H,5-7H2,1-4H3,(H,12,13). The van der Waals surface area contributed by atoms with Crippen molar-refractivity contribution in [1.29, 1.82) is 0 Å². The lowest BCUT2D eigenvalue weighted by Gasteiger charge is -2.14. The van der Waals surface area contributed by atoms with Gasteiger partial charge < -0.3 is 10.6 Å². The summed E-state index contributed by atoms with van der Waals surface area (Å²) in [7, 11) is 0. The van der Waals surface area contributed by atoms with Gasteiger partial charge in [0.2, 0.25) is 5.91 Å². The fourth-order valence-corrected chi connectivity index (χ4v) is 1.61. The Balaban J connectivity index is 3.54. The molecule has 2 atom stereocenters. The average molecular weight is 218 g/mol. The third-order valence-electron chi connectivity index (χ3n) is 2.05. The van der Waals surface area contributed by atoms with Crippen LogP contribution in [-0.4, -0.2) is 36.5 Å². The molecule has 2 unspecified atom stereocenters. The highest BCUT2D eigenvalue weighted by molar-refractivity contribution is 7.98. The van der Waals surface area contributed by atoms with Gasteiger partial charge in [0.1, 0.15) is 0 Å². The zero-order chi connectivity index (χ0) is 11.0. The summed E-state index contributed by atoms with van der Waals surface area (Å²) in [5.74, 6) is 1.06. The Morgan fingerprint density at radius 3 is 2.50 bits per heavy atom. The first-order valence-corrected chi connectivity index (χ1v) is 6.51. The summed E-state index contributed by atoms with van der Waals surface area (Å²) in [5.41, 5.74) is 0. The summed E-state index contributed by atoms with van der Waals surface area (Å²) >= 11 is 1.75. The van der Waals surface area contributed by atoms with Crippen LogP contribution in [0.5, 0.6) is 0 Å². The molecule has 0 spiro atoms. The molecular formula is C10H22N2OS. The highest BCUT2D eigenvalue weighted by Gasteiger charge is 2.07. The van der Waals surface area contributed by atoms with Crippen LogP contribution in [0.3, 0.4) is 0 Å². The summed E-state index contributed by atoms with van der Waals surface area (Å²) in [4.78, 5) is 11.4. The molecule has 0 aromatic heterocycles. The van der Waals surface area contributed by atoms with Gasteiger partial charge in [-0.05, 0) is 26.5 Å². The van der Waals surface area contributed by atoms with E-state index in [9.17, 15) is 4.79 Å². The number of carbonyl (C=O) groups is 1. The van der Waals surface area contributed by atoms with Crippen LogP contribution in [0.15, 0.2) is 0 Å². The van der Waals surface area contributed by atoms with Crippen molar-refractivity contribution in [3.05, 3.63) is 0 Å². The van der Waals surface area contributed by atoms with Crippen LogP contribution in [0.25, 0.3) is 0 Å². The van der Waals surface area contributed by atoms with Gasteiger partial charge in [-0.2, -0.15) is 11.8 Å². The number of rotatable bonds is 7. The van der Waals surface area contributed by atoms with Crippen molar-refractivity contribution in [3.8, 4) is 0 Å². The topological polar surface area (TPSA) is 41.1 Å². The van der Waals surface area contributed by atoms with Crippen molar-refractivity contribution in [2.75, 3.05) is 18.6 Å². The van der Waals surface area contributed by atoms with E-state index >= 15 is 0 Å². The molecule has 0 aliphatic carbocycles. The lowest BCUT2D eigenvalue weighted by molar-refractivity contribution is -0.120. The largest absolute Gasteiger partial charge is 0.352 e. The minimum absolute atomic E-state index is 0.0897. The Bertz CT molecular complexity index is 164. The highest BCUT2D eigenvalue weighted by Crippen LogP contribution is 1.95. The smallest absolute Gasteiger partial charge is 0.234 e. The number of hydrogen-bond donors (Lipinski definition) is 2. The molecule has 3 nitrogen and oxygen atoms in total. The quantitative estimate of drug-likeness (QED) is 0.675. The maximum Gasteiger partial charge on any atom is 0.234 e. The van der Waals surface area contributed by atoms with E-state index < -0.39 is 0 Å². The van der Waals surface area contributed by atoms with E-state index in [1.54, 1.807) is 11.8 Å². The second kappa shape index (κ2) is 8.12. The van der Waals surface area contributed by atoms with Gasteiger partial charge in [0.15, 0.2) is 0 Å². The Morgan fingerprint density at radius 1 is 1.36 bits per heavy atom. The molecule has 14 heavy (non-hydrogen) atoms. The fourth-order valence-electron chi connectivity index (χ4n) is 1.03. The zero-order valence-corrected chi connectivity index (χ0v) is 10.4. The molecule has 0 bridgehead atoms. The molecule has 0 fully saturated rings. The number of thioether (sulfide) groups is 1. The van der Waals surface area contributed by atoms with Gasteiger partial charge in [0.25, 0.3) is 0 Å². The van der Waals surface area contributed by atoms with Gasteiger partial charge >= 0.3 is 0 Å². The number of hydrogen-bond acceptors (Lipinski definition) is 3. The molecule has 0 saturated carbocycles. The summed E-state index contributed by atoms with van der Waals surface area (Å²) in [5, 5.41) is 6.10. The van der Waals surface area contributed by atoms with E-state index in [0.29, 0.717) is 12.6 Å². The maximum atomic E-state index is 11.4. The zero-order valence-electron chi connectivity index (χ0n) is 9.59. The lowest BCUT2D eigenvalue weighted by Crippen LogP contribution is -2.42. The van der Waals surface area contributed by atoms with Crippen LogP contribution in [0.4, 0.5) is 0 Å². The molecule has 0 saturated heterocycles. The van der Waals surface area contributed by atoms with E-state index in [0.717, 1.165) is 12.2 Å². The Labute approximate surface area is 91.4 Å². The van der Waals surface area contributed by atoms with E-state index in [1.165, 1.54) is 0 Å². The van der Waals surface area contributed by atoms with Gasteiger partial charge in [-0.1, -0.05) is 6.92 Å². The first-order valence-electron chi connectivity index (χ1n) is 5.11. The Kier molecular flexibility index (Phi) is 7.99. The second-order valence-electron chi connectivity index (χ2n) is 3.61. The Morgan fingerprint density at radius 2 is 2.00 bits per heavy atom. The minimum atomic E-state index is 0.0897. The lowest BCUT2D eigenvalue weighted by atomic mass is 10.2. The van der Waals surface area contributed by atoms with Crippen LogP contribution in [-0.2, 0) is 4.79 Å². The summed E-state index contributed by atoms with van der Waals surface area (Å²) < 4.78 is 0. The van der Waals surface area contributed by atoms with E-state index in [-0.39, 0.29) is 11.9 Å². The third-order valence-corrected chi connectivity index (χ3v) is 2.88. The summed E-state index contributed by atoms with van der Waals surface area (Å²) in [6.45, 7) is 6.63. The van der Waals surface area contributed by atoms with Crippen LogP contribution >= 0.6 is 11.8 Å². The van der Waals surface area contributed by atoms with Crippen molar-refractivity contribution >= 4 is 17.7 Å². The monoisotopic (exact) mass is 218 g/mol. The van der Waals surface area contributed by atoms with Crippen LogP contribution in [0.1, 0.15) is 27.2 Å². The van der Waals surface area contributed by atoms with Gasteiger partial charge in [-0.25, -0.2) is 0 Å².